The van der Waals surface area contributed by atoms with Crippen LogP contribution in [0.4, 0.5) is 10.1 Å². The van der Waals surface area contributed by atoms with Crippen molar-refractivity contribution < 1.29 is 26.7 Å². The standard InChI is InChI=1S/C21H23FN2O5S/c1-13-3-4-18(27-2)20(9-13)30(25,26)24-15-10-14-6-8-28-21(14)19(11-15)29-17-5-7-23-12-16(17)22/h3-4,6,8-11,16-17,23-24H,5,7,12H2,1-2H3/t16-,17+/m1/s1. The van der Waals surface area contributed by atoms with E-state index in [4.69, 9.17) is 13.9 Å². The number of methoxy groups -OCH3 is 1. The number of ether oxygens (including phenoxy) is 2. The van der Waals surface area contributed by atoms with Crippen LogP contribution in [0.25, 0.3) is 11.0 Å². The van der Waals surface area contributed by atoms with Crippen molar-refractivity contribution in [2.45, 2.75) is 30.5 Å². The minimum atomic E-state index is -3.94. The summed E-state index contributed by atoms with van der Waals surface area (Å²) in [4.78, 5) is 0.0296. The van der Waals surface area contributed by atoms with Crippen molar-refractivity contribution in [2.75, 3.05) is 24.9 Å². The minimum absolute atomic E-state index is 0.0296. The zero-order valence-electron chi connectivity index (χ0n) is 16.6. The minimum Gasteiger partial charge on any atom is -0.495 e. The molecule has 7 nitrogen and oxygen atoms in total. The Kier molecular flexibility index (Phi) is 5.57. The van der Waals surface area contributed by atoms with E-state index >= 15 is 0 Å². The molecule has 1 aliphatic rings. The molecule has 2 atom stereocenters. The smallest absolute Gasteiger partial charge is 0.265 e. The van der Waals surface area contributed by atoms with Gasteiger partial charge in [0.2, 0.25) is 0 Å². The predicted molar refractivity (Wildman–Crippen MR) is 112 cm³/mol. The number of anilines is 1. The quantitative estimate of drug-likeness (QED) is 0.616. The van der Waals surface area contributed by atoms with Gasteiger partial charge in [-0.1, -0.05) is 6.07 Å². The first-order chi connectivity index (χ1) is 14.4. The Morgan fingerprint density at radius 1 is 1.20 bits per heavy atom. The van der Waals surface area contributed by atoms with E-state index < -0.39 is 22.3 Å². The molecule has 0 unspecified atom stereocenters. The van der Waals surface area contributed by atoms with E-state index in [-0.39, 0.29) is 22.9 Å². The van der Waals surface area contributed by atoms with E-state index in [0.717, 1.165) is 5.56 Å². The Morgan fingerprint density at radius 2 is 2.03 bits per heavy atom. The summed E-state index contributed by atoms with van der Waals surface area (Å²) in [5.41, 5.74) is 1.51. The molecule has 0 aliphatic carbocycles. The number of nitrogens with one attached hydrogen (secondary N) is 2. The van der Waals surface area contributed by atoms with Crippen LogP contribution >= 0.6 is 0 Å². The van der Waals surface area contributed by atoms with E-state index in [1.54, 1.807) is 31.2 Å². The predicted octanol–water partition coefficient (Wildman–Crippen LogP) is 3.63. The fourth-order valence-corrected chi connectivity index (χ4v) is 4.79. The second kappa shape index (κ2) is 8.16. The van der Waals surface area contributed by atoms with Gasteiger partial charge in [-0.2, -0.15) is 0 Å². The largest absolute Gasteiger partial charge is 0.495 e. The van der Waals surface area contributed by atoms with Gasteiger partial charge in [-0.05, 0) is 49.7 Å². The van der Waals surface area contributed by atoms with E-state index in [0.29, 0.717) is 29.7 Å². The van der Waals surface area contributed by atoms with Gasteiger partial charge in [-0.15, -0.1) is 0 Å². The molecule has 4 rings (SSSR count). The molecule has 1 saturated heterocycles. The number of rotatable bonds is 6. The molecule has 0 bridgehead atoms. The van der Waals surface area contributed by atoms with Gasteiger partial charge in [0.15, 0.2) is 11.3 Å². The lowest BCUT2D eigenvalue weighted by molar-refractivity contribution is 0.0736. The van der Waals surface area contributed by atoms with Gasteiger partial charge < -0.3 is 19.2 Å². The van der Waals surface area contributed by atoms with E-state index in [1.165, 1.54) is 25.5 Å². The number of halogens is 1. The van der Waals surface area contributed by atoms with Crippen molar-refractivity contribution in [3.8, 4) is 11.5 Å². The van der Waals surface area contributed by atoms with Gasteiger partial charge in [0.1, 0.15) is 22.9 Å². The fourth-order valence-electron chi connectivity index (χ4n) is 3.49. The molecule has 0 spiro atoms. The van der Waals surface area contributed by atoms with Crippen LogP contribution in [0.5, 0.6) is 11.5 Å². The fraction of sp³-hybridized carbons (Fsp3) is 0.333. The highest BCUT2D eigenvalue weighted by Gasteiger charge is 2.28. The summed E-state index contributed by atoms with van der Waals surface area (Å²) < 4.78 is 59.5. The zero-order chi connectivity index (χ0) is 21.3. The van der Waals surface area contributed by atoms with Crippen LogP contribution in [0.3, 0.4) is 0 Å². The molecular formula is C21H23FN2O5S. The molecule has 0 radical (unpaired) electrons. The second-order valence-corrected chi connectivity index (χ2v) is 8.89. The normalized spacial score (nSPS) is 19.6. The summed E-state index contributed by atoms with van der Waals surface area (Å²) >= 11 is 0. The third kappa shape index (κ3) is 4.08. The first-order valence-electron chi connectivity index (χ1n) is 9.57. The Labute approximate surface area is 174 Å². The number of benzene rings is 2. The Balaban J connectivity index is 1.69. The topological polar surface area (TPSA) is 89.8 Å². The monoisotopic (exact) mass is 434 g/mol. The van der Waals surface area contributed by atoms with Crippen molar-refractivity contribution in [3.05, 3.63) is 48.2 Å². The number of aryl methyl sites for hydroxylation is 1. The van der Waals surface area contributed by atoms with Gasteiger partial charge in [0, 0.05) is 18.0 Å². The van der Waals surface area contributed by atoms with Crippen molar-refractivity contribution in [3.63, 3.8) is 0 Å². The molecule has 1 fully saturated rings. The van der Waals surface area contributed by atoms with Crippen LogP contribution in [-0.4, -0.2) is 40.9 Å². The van der Waals surface area contributed by atoms with Crippen LogP contribution in [-0.2, 0) is 10.0 Å². The molecule has 2 N–H and O–H groups in total. The summed E-state index contributed by atoms with van der Waals surface area (Å²) in [7, 11) is -2.52. The number of alkyl halides is 1. The number of hydrogen-bond donors (Lipinski definition) is 2. The lowest BCUT2D eigenvalue weighted by Gasteiger charge is -2.27. The maximum absolute atomic E-state index is 14.2. The molecule has 30 heavy (non-hydrogen) atoms. The highest BCUT2D eigenvalue weighted by Crippen LogP contribution is 2.34. The first-order valence-corrected chi connectivity index (χ1v) is 11.1. The number of furan rings is 1. The SMILES string of the molecule is COc1ccc(C)cc1S(=O)(=O)Nc1cc(O[C@H]2CCNC[C@H]2F)c2occc2c1. The van der Waals surface area contributed by atoms with Crippen molar-refractivity contribution in [2.24, 2.45) is 0 Å². The summed E-state index contributed by atoms with van der Waals surface area (Å²) in [6.07, 6.45) is 0.179. The number of fused-ring (bicyclic) bond motifs is 1. The van der Waals surface area contributed by atoms with Crippen molar-refractivity contribution in [1.82, 2.24) is 5.32 Å². The van der Waals surface area contributed by atoms with Crippen molar-refractivity contribution in [1.29, 1.82) is 0 Å². The average molecular weight is 434 g/mol. The number of piperidine rings is 1. The van der Waals surface area contributed by atoms with Crippen molar-refractivity contribution >= 4 is 26.7 Å². The molecule has 1 aromatic heterocycles. The number of sulfonamides is 1. The molecule has 2 heterocycles. The van der Waals surface area contributed by atoms with Crippen LogP contribution in [0, 0.1) is 6.92 Å². The van der Waals surface area contributed by atoms with E-state index in [1.807, 2.05) is 0 Å². The lowest BCUT2D eigenvalue weighted by Crippen LogP contribution is -2.44. The summed E-state index contributed by atoms with van der Waals surface area (Å²) in [6.45, 7) is 2.66. The highest BCUT2D eigenvalue weighted by molar-refractivity contribution is 7.92. The molecule has 0 amide bonds. The number of hydrogen-bond acceptors (Lipinski definition) is 6. The van der Waals surface area contributed by atoms with Gasteiger partial charge in [-0.3, -0.25) is 4.72 Å². The zero-order valence-corrected chi connectivity index (χ0v) is 17.5. The third-order valence-electron chi connectivity index (χ3n) is 5.00. The maximum atomic E-state index is 14.2. The van der Waals surface area contributed by atoms with Crippen LogP contribution < -0.4 is 19.5 Å². The maximum Gasteiger partial charge on any atom is 0.265 e. The van der Waals surface area contributed by atoms with Crippen LogP contribution in [0.2, 0.25) is 0 Å². The first kappa shape index (κ1) is 20.5. The lowest BCUT2D eigenvalue weighted by atomic mass is 10.1. The molecule has 2 aromatic carbocycles. The van der Waals surface area contributed by atoms with Gasteiger partial charge >= 0.3 is 0 Å². The molecule has 1 aliphatic heterocycles. The Morgan fingerprint density at radius 3 is 2.80 bits per heavy atom. The van der Waals surface area contributed by atoms with E-state index in [9.17, 15) is 12.8 Å². The van der Waals surface area contributed by atoms with Gasteiger partial charge in [0.25, 0.3) is 10.0 Å². The molecular weight excluding hydrogens is 411 g/mol. The molecule has 160 valence electrons. The third-order valence-corrected chi connectivity index (χ3v) is 6.41. The molecule has 3 aromatic rings. The van der Waals surface area contributed by atoms with Gasteiger partial charge in [-0.25, -0.2) is 12.8 Å². The average Bonchev–Trinajstić information content (AvgIpc) is 3.18. The second-order valence-electron chi connectivity index (χ2n) is 7.24. The Hall–Kier alpha value is -2.78. The van der Waals surface area contributed by atoms with E-state index in [2.05, 4.69) is 10.0 Å². The molecule has 0 saturated carbocycles. The van der Waals surface area contributed by atoms with Crippen LogP contribution in [0.1, 0.15) is 12.0 Å². The highest BCUT2D eigenvalue weighted by atomic mass is 32.2. The Bertz CT molecular complexity index is 1160. The summed E-state index contributed by atoms with van der Waals surface area (Å²) in [5, 5.41) is 3.62. The molecule has 9 heteroatoms. The summed E-state index contributed by atoms with van der Waals surface area (Å²) in [6, 6.07) is 9.77. The van der Waals surface area contributed by atoms with Crippen LogP contribution in [0.15, 0.2) is 52.0 Å². The van der Waals surface area contributed by atoms with Gasteiger partial charge in [0.05, 0.1) is 19.1 Å². The summed E-state index contributed by atoms with van der Waals surface area (Å²) in [5.74, 6) is 0.532.